The number of ether oxygens (including phenoxy) is 1. The number of aromatic nitrogens is 3. The number of halogens is 3. The number of hydrogen-bond acceptors (Lipinski definition) is 8. The van der Waals surface area contributed by atoms with Gasteiger partial charge in [-0.15, -0.1) is 0 Å². The van der Waals surface area contributed by atoms with Crippen molar-refractivity contribution >= 4 is 35.2 Å². The maximum atomic E-state index is 13.9. The first kappa shape index (κ1) is 26.1. The monoisotopic (exact) mass is 536 g/mol. The van der Waals surface area contributed by atoms with Crippen molar-refractivity contribution < 1.29 is 23.2 Å². The highest BCUT2D eigenvalue weighted by Crippen LogP contribution is 2.36. The molecule has 2 aliphatic heterocycles. The molecule has 4 heterocycles. The van der Waals surface area contributed by atoms with Crippen molar-refractivity contribution in [3.05, 3.63) is 64.9 Å². The Morgan fingerprint density at radius 2 is 2.10 bits per heavy atom. The minimum atomic E-state index is -4.52. The second-order valence-electron chi connectivity index (χ2n) is 9.11. The van der Waals surface area contributed by atoms with Crippen LogP contribution in [0, 0.1) is 16.7 Å². The van der Waals surface area contributed by atoms with E-state index in [2.05, 4.69) is 26.3 Å². The van der Waals surface area contributed by atoms with Crippen LogP contribution in [0.4, 0.5) is 24.8 Å². The van der Waals surface area contributed by atoms with Gasteiger partial charge >= 0.3 is 6.18 Å². The lowest BCUT2D eigenvalue weighted by molar-refractivity contribution is -0.528. The van der Waals surface area contributed by atoms with Crippen LogP contribution in [0.3, 0.4) is 0 Å². The van der Waals surface area contributed by atoms with E-state index in [0.717, 1.165) is 38.2 Å². The molecule has 5 rings (SSSR count). The van der Waals surface area contributed by atoms with Crippen molar-refractivity contribution in [3.8, 4) is 11.8 Å². The quantitative estimate of drug-likeness (QED) is 0.313. The molecule has 1 fully saturated rings. The minimum Gasteiger partial charge on any atom is -0.446 e. The summed E-state index contributed by atoms with van der Waals surface area (Å²) >= 11 is 0. The molecule has 2 aliphatic rings. The van der Waals surface area contributed by atoms with Gasteiger partial charge in [0.05, 0.1) is 30.4 Å². The molecule has 0 saturated carbocycles. The van der Waals surface area contributed by atoms with E-state index in [1.54, 1.807) is 30.8 Å². The van der Waals surface area contributed by atoms with Gasteiger partial charge in [0.1, 0.15) is 23.3 Å². The van der Waals surface area contributed by atoms with E-state index in [1.807, 2.05) is 4.90 Å². The minimum absolute atomic E-state index is 0.104. The number of likely N-dealkylation sites (tertiary alicyclic amines) is 1. The zero-order chi connectivity index (χ0) is 27.6. The number of imidazole rings is 1. The summed E-state index contributed by atoms with van der Waals surface area (Å²) in [7, 11) is 1.62. The number of anilines is 2. The van der Waals surface area contributed by atoms with E-state index in [9.17, 15) is 18.4 Å². The Morgan fingerprint density at radius 1 is 1.31 bits per heavy atom. The molecular weight excluding hydrogens is 511 g/mol. The second-order valence-corrected chi connectivity index (χ2v) is 9.11. The number of allylic oxidation sites excluding steroid dienone is 2. The number of aliphatic imine (C=N–C) groups is 1. The van der Waals surface area contributed by atoms with Gasteiger partial charge in [-0.05, 0) is 43.6 Å². The Bertz CT molecular complexity index is 1560. The number of benzene rings is 1. The van der Waals surface area contributed by atoms with Gasteiger partial charge in [-0.3, -0.25) is 15.2 Å². The van der Waals surface area contributed by atoms with Crippen LogP contribution in [-0.2, 0) is 19.8 Å². The normalized spacial score (nSPS) is 16.9. The lowest BCUT2D eigenvalue weighted by Crippen LogP contribution is -2.77. The maximum Gasteiger partial charge on any atom is 0.416 e. The summed E-state index contributed by atoms with van der Waals surface area (Å²) in [5, 5.41) is 22.3. The number of alkyl halides is 3. The molecule has 39 heavy (non-hydrogen) atoms. The zero-order valence-corrected chi connectivity index (χ0v) is 21.0. The van der Waals surface area contributed by atoms with Gasteiger partial charge in [-0.1, -0.05) is 6.07 Å². The number of nitrogens with two attached hydrogens (primary N) is 1. The number of pyridine rings is 1. The lowest BCUT2D eigenvalue weighted by Gasteiger charge is -2.20. The molecule has 13 heteroatoms. The Morgan fingerprint density at radius 3 is 2.77 bits per heavy atom. The largest absolute Gasteiger partial charge is 0.446 e. The number of rotatable bonds is 7. The van der Waals surface area contributed by atoms with Gasteiger partial charge in [-0.25, -0.2) is 4.98 Å². The average Bonchev–Trinajstić information content (AvgIpc) is 3.55. The van der Waals surface area contributed by atoms with Crippen molar-refractivity contribution in [2.75, 3.05) is 18.4 Å². The molecule has 4 N–H and O–H groups in total. The highest BCUT2D eigenvalue weighted by Gasteiger charge is 2.34. The zero-order valence-electron chi connectivity index (χ0n) is 21.0. The highest BCUT2D eigenvalue weighted by molar-refractivity contribution is 5.88. The molecule has 0 amide bonds. The SMILES string of the molecule is Cn1c(Nc2ccc(CN3CCCC3)c(C(F)(F)F)c2)nc2ncc(O/C(C=N)=C3\C=NC=C[NH2+]3)c(C#N)c21. The molecule has 0 unspecified atom stereocenters. The summed E-state index contributed by atoms with van der Waals surface area (Å²) in [5.74, 6) is 0.470. The second kappa shape index (κ2) is 10.7. The molecule has 3 aromatic rings. The molecule has 0 radical (unpaired) electrons. The van der Waals surface area contributed by atoms with Crippen molar-refractivity contribution in [2.24, 2.45) is 12.0 Å². The number of nitrogens with zero attached hydrogens (tertiary/aromatic N) is 6. The Kier molecular flexibility index (Phi) is 7.14. The van der Waals surface area contributed by atoms with Gasteiger partial charge in [0.15, 0.2) is 17.1 Å². The van der Waals surface area contributed by atoms with Crippen LogP contribution < -0.4 is 15.4 Å². The van der Waals surface area contributed by atoms with Crippen molar-refractivity contribution in [2.45, 2.75) is 25.6 Å². The summed E-state index contributed by atoms with van der Waals surface area (Å²) in [6.07, 6.45) is 4.59. The third-order valence-electron chi connectivity index (χ3n) is 6.54. The van der Waals surface area contributed by atoms with Crippen LogP contribution in [0.25, 0.3) is 11.2 Å². The number of quaternary nitrogens is 1. The van der Waals surface area contributed by atoms with Crippen LogP contribution in [0.2, 0.25) is 0 Å². The third-order valence-corrected chi connectivity index (χ3v) is 6.54. The fraction of sp³-hybridized carbons (Fsp3) is 0.269. The van der Waals surface area contributed by atoms with Crippen LogP contribution >= 0.6 is 0 Å². The van der Waals surface area contributed by atoms with Gasteiger partial charge in [0.25, 0.3) is 0 Å². The molecule has 1 aromatic carbocycles. The van der Waals surface area contributed by atoms with Gasteiger partial charge in [-0.2, -0.15) is 23.4 Å². The van der Waals surface area contributed by atoms with Gasteiger partial charge in [0.2, 0.25) is 11.7 Å². The molecule has 0 bridgehead atoms. The van der Waals surface area contributed by atoms with Gasteiger partial charge < -0.3 is 20.0 Å². The average molecular weight is 537 g/mol. The molecular formula is C26H25F3N9O+. The summed E-state index contributed by atoms with van der Waals surface area (Å²) in [6.45, 7) is 1.82. The first-order valence-electron chi connectivity index (χ1n) is 12.2. The van der Waals surface area contributed by atoms with Crippen molar-refractivity contribution in [3.63, 3.8) is 0 Å². The fourth-order valence-electron chi connectivity index (χ4n) is 4.62. The van der Waals surface area contributed by atoms with Crippen molar-refractivity contribution in [1.82, 2.24) is 19.4 Å². The predicted octanol–water partition coefficient (Wildman–Crippen LogP) is 3.56. The molecule has 2 aromatic heterocycles. The third kappa shape index (κ3) is 5.38. The van der Waals surface area contributed by atoms with E-state index in [0.29, 0.717) is 11.2 Å². The summed E-state index contributed by atoms with van der Waals surface area (Å²) in [5.41, 5.74) is 0.924. The van der Waals surface area contributed by atoms with E-state index in [4.69, 9.17) is 10.1 Å². The van der Waals surface area contributed by atoms with Crippen LogP contribution in [0.15, 0.2) is 53.2 Å². The van der Waals surface area contributed by atoms with E-state index in [-0.39, 0.29) is 46.5 Å². The van der Waals surface area contributed by atoms with E-state index in [1.165, 1.54) is 23.0 Å². The first-order valence-corrected chi connectivity index (χ1v) is 12.2. The Balaban J connectivity index is 1.47. The Labute approximate surface area is 221 Å². The summed E-state index contributed by atoms with van der Waals surface area (Å²) < 4.78 is 49.2. The van der Waals surface area contributed by atoms with Crippen molar-refractivity contribution in [1.29, 1.82) is 10.7 Å². The number of nitrogens with one attached hydrogen (secondary N) is 2. The Hall–Kier alpha value is -4.54. The van der Waals surface area contributed by atoms with Crippen LogP contribution in [-0.4, -0.2) is 45.0 Å². The summed E-state index contributed by atoms with van der Waals surface area (Å²) in [6, 6.07) is 6.26. The number of aryl methyl sites for hydroxylation is 1. The molecule has 0 spiro atoms. The lowest BCUT2D eigenvalue weighted by atomic mass is 10.1. The number of nitriles is 1. The van der Waals surface area contributed by atoms with Crippen LogP contribution in [0.5, 0.6) is 5.75 Å². The standard InChI is InChI=1S/C26H24F3N9O/c1-37-23-18(11-30)22(39-21(12-31)20-13-32-6-7-33-20)14-34-24(23)36-25(37)35-17-5-4-16(15-38-8-2-3-9-38)19(10-17)26(27,28)29/h4-7,10,12-14,31,33H,2-3,8-9,15H2,1H3,(H,34,35,36)/p+1/b21-20+,31-12?. The predicted molar refractivity (Wildman–Crippen MR) is 138 cm³/mol. The fourth-order valence-corrected chi connectivity index (χ4v) is 4.62. The highest BCUT2D eigenvalue weighted by atomic mass is 19.4. The maximum absolute atomic E-state index is 13.9. The number of hydrogen-bond donors (Lipinski definition) is 3. The van der Waals surface area contributed by atoms with E-state index >= 15 is 0 Å². The molecule has 200 valence electrons. The van der Waals surface area contributed by atoms with E-state index < -0.39 is 11.7 Å². The molecule has 1 saturated heterocycles. The molecule has 0 atom stereocenters. The van der Waals surface area contributed by atoms with Crippen LogP contribution in [0.1, 0.15) is 29.5 Å². The molecule has 10 nitrogen and oxygen atoms in total. The first-order chi connectivity index (χ1) is 18.8. The smallest absolute Gasteiger partial charge is 0.416 e. The summed E-state index contributed by atoms with van der Waals surface area (Å²) in [4.78, 5) is 14.7. The topological polar surface area (TPSA) is 132 Å². The molecule has 0 aliphatic carbocycles. The number of fused-ring (bicyclic) bond motifs is 1. The van der Waals surface area contributed by atoms with Gasteiger partial charge in [0, 0.05) is 19.3 Å².